The number of para-hydroxylation sites is 1. The number of amides is 2. The SMILES string of the molecule is CCOc1ccccc1C(=O)N1CCN(C(=O)C(N)C2CCOCC2)CC1.Cl. The summed E-state index contributed by atoms with van der Waals surface area (Å²) in [6.45, 7) is 5.79. The van der Waals surface area contributed by atoms with Gasteiger partial charge in [0.25, 0.3) is 5.91 Å². The zero-order valence-corrected chi connectivity index (χ0v) is 17.2. The van der Waals surface area contributed by atoms with Gasteiger partial charge >= 0.3 is 0 Å². The van der Waals surface area contributed by atoms with Crippen LogP contribution >= 0.6 is 12.4 Å². The lowest BCUT2D eigenvalue weighted by molar-refractivity contribution is -0.136. The molecule has 156 valence electrons. The van der Waals surface area contributed by atoms with Crippen LogP contribution in [0.5, 0.6) is 5.75 Å². The molecule has 2 aliphatic heterocycles. The van der Waals surface area contributed by atoms with E-state index in [0.29, 0.717) is 57.3 Å². The van der Waals surface area contributed by atoms with Gasteiger partial charge in [0.1, 0.15) is 5.75 Å². The predicted molar refractivity (Wildman–Crippen MR) is 109 cm³/mol. The summed E-state index contributed by atoms with van der Waals surface area (Å²) in [6, 6.07) is 6.81. The number of nitrogens with two attached hydrogens (primary N) is 1. The first kappa shape index (κ1) is 22.5. The smallest absolute Gasteiger partial charge is 0.257 e. The average Bonchev–Trinajstić information content (AvgIpc) is 2.73. The highest BCUT2D eigenvalue weighted by molar-refractivity contribution is 5.97. The van der Waals surface area contributed by atoms with Gasteiger partial charge in [0.2, 0.25) is 5.91 Å². The summed E-state index contributed by atoms with van der Waals surface area (Å²) < 4.78 is 10.9. The molecule has 2 aliphatic rings. The van der Waals surface area contributed by atoms with Crippen molar-refractivity contribution in [3.05, 3.63) is 29.8 Å². The van der Waals surface area contributed by atoms with Crippen LogP contribution in [0.4, 0.5) is 0 Å². The lowest BCUT2D eigenvalue weighted by atomic mass is 9.91. The van der Waals surface area contributed by atoms with Crippen molar-refractivity contribution in [2.24, 2.45) is 11.7 Å². The predicted octanol–water partition coefficient (Wildman–Crippen LogP) is 1.55. The van der Waals surface area contributed by atoms with Crippen LogP contribution in [0.25, 0.3) is 0 Å². The van der Waals surface area contributed by atoms with Crippen molar-refractivity contribution in [1.29, 1.82) is 0 Å². The summed E-state index contributed by atoms with van der Waals surface area (Å²) in [5.74, 6) is 0.720. The van der Waals surface area contributed by atoms with Gasteiger partial charge in [-0.3, -0.25) is 9.59 Å². The normalized spacial score (nSPS) is 18.9. The molecule has 2 N–H and O–H groups in total. The molecule has 1 aromatic carbocycles. The number of carbonyl (C=O) groups is 2. The minimum absolute atomic E-state index is 0. The van der Waals surface area contributed by atoms with Gasteiger partial charge < -0.3 is 25.0 Å². The second kappa shape index (κ2) is 10.6. The monoisotopic (exact) mass is 411 g/mol. The molecule has 1 unspecified atom stereocenters. The number of nitrogens with zero attached hydrogens (tertiary/aromatic N) is 2. The molecule has 7 nitrogen and oxygen atoms in total. The van der Waals surface area contributed by atoms with Gasteiger partial charge in [0.15, 0.2) is 0 Å². The van der Waals surface area contributed by atoms with Gasteiger partial charge in [-0.05, 0) is 37.8 Å². The molecule has 2 heterocycles. The summed E-state index contributed by atoms with van der Waals surface area (Å²) >= 11 is 0. The lowest BCUT2D eigenvalue weighted by Gasteiger charge is -2.37. The highest BCUT2D eigenvalue weighted by Gasteiger charge is 2.32. The number of carbonyl (C=O) groups excluding carboxylic acids is 2. The Morgan fingerprint density at radius 2 is 1.75 bits per heavy atom. The van der Waals surface area contributed by atoms with Gasteiger partial charge in [-0.2, -0.15) is 0 Å². The molecular formula is C20H30ClN3O4. The summed E-state index contributed by atoms with van der Waals surface area (Å²) in [4.78, 5) is 29.1. The van der Waals surface area contributed by atoms with Gasteiger partial charge in [0, 0.05) is 39.4 Å². The molecule has 3 rings (SSSR count). The molecule has 0 aliphatic carbocycles. The van der Waals surface area contributed by atoms with Crippen LogP contribution in [0, 0.1) is 5.92 Å². The molecule has 2 saturated heterocycles. The lowest BCUT2D eigenvalue weighted by Crippen LogP contribution is -2.56. The van der Waals surface area contributed by atoms with E-state index in [1.165, 1.54) is 0 Å². The first-order chi connectivity index (χ1) is 13.1. The maximum Gasteiger partial charge on any atom is 0.257 e. The summed E-state index contributed by atoms with van der Waals surface area (Å²) in [5.41, 5.74) is 6.79. The Kier molecular flexibility index (Phi) is 8.54. The Bertz CT molecular complexity index is 659. The van der Waals surface area contributed by atoms with Gasteiger partial charge in [-0.1, -0.05) is 12.1 Å². The fraction of sp³-hybridized carbons (Fsp3) is 0.600. The second-order valence-corrected chi connectivity index (χ2v) is 7.02. The minimum Gasteiger partial charge on any atom is -0.493 e. The van der Waals surface area contributed by atoms with E-state index in [-0.39, 0.29) is 30.1 Å². The Hall–Kier alpha value is -1.83. The maximum absolute atomic E-state index is 12.9. The van der Waals surface area contributed by atoms with Gasteiger partial charge in [-0.15, -0.1) is 12.4 Å². The van der Waals surface area contributed by atoms with Gasteiger partial charge in [-0.25, -0.2) is 0 Å². The van der Waals surface area contributed by atoms with Crippen LogP contribution in [-0.4, -0.2) is 73.7 Å². The maximum atomic E-state index is 12.9. The molecule has 0 spiro atoms. The van der Waals surface area contributed by atoms with E-state index in [1.54, 1.807) is 15.9 Å². The Labute approximate surface area is 172 Å². The van der Waals surface area contributed by atoms with Gasteiger partial charge in [0.05, 0.1) is 18.2 Å². The van der Waals surface area contributed by atoms with E-state index in [1.807, 2.05) is 25.1 Å². The molecule has 1 aromatic rings. The van der Waals surface area contributed by atoms with Crippen LogP contribution in [0.2, 0.25) is 0 Å². The van der Waals surface area contributed by atoms with Crippen LogP contribution in [0.15, 0.2) is 24.3 Å². The number of benzene rings is 1. The first-order valence-corrected chi connectivity index (χ1v) is 9.75. The molecule has 0 aromatic heterocycles. The standard InChI is InChI=1S/C20H29N3O4.ClH/c1-2-27-17-6-4-3-5-16(17)19(24)22-9-11-23(12-10-22)20(25)18(21)15-7-13-26-14-8-15;/h3-6,15,18H,2,7-14,21H2,1H3;1H. The van der Waals surface area contributed by atoms with Crippen LogP contribution in [0.3, 0.4) is 0 Å². The fourth-order valence-corrected chi connectivity index (χ4v) is 3.71. The Balaban J connectivity index is 0.00000280. The molecule has 2 amide bonds. The van der Waals surface area contributed by atoms with Crippen molar-refractivity contribution in [3.63, 3.8) is 0 Å². The molecule has 2 fully saturated rings. The number of hydrogen-bond donors (Lipinski definition) is 1. The van der Waals surface area contributed by atoms with Crippen molar-refractivity contribution in [1.82, 2.24) is 9.80 Å². The molecule has 8 heteroatoms. The summed E-state index contributed by atoms with van der Waals surface area (Å²) in [6.07, 6.45) is 1.67. The number of rotatable bonds is 5. The highest BCUT2D eigenvalue weighted by atomic mass is 35.5. The summed E-state index contributed by atoms with van der Waals surface area (Å²) in [5, 5.41) is 0. The van der Waals surface area contributed by atoms with Crippen molar-refractivity contribution in [2.45, 2.75) is 25.8 Å². The molecule has 28 heavy (non-hydrogen) atoms. The molecular weight excluding hydrogens is 382 g/mol. The van der Waals surface area contributed by atoms with E-state index >= 15 is 0 Å². The van der Waals surface area contributed by atoms with Crippen molar-refractivity contribution < 1.29 is 19.1 Å². The molecule has 0 radical (unpaired) electrons. The van der Waals surface area contributed by atoms with Crippen molar-refractivity contribution in [2.75, 3.05) is 46.0 Å². The zero-order valence-electron chi connectivity index (χ0n) is 16.3. The van der Waals surface area contributed by atoms with Crippen LogP contribution in [-0.2, 0) is 9.53 Å². The zero-order chi connectivity index (χ0) is 19.2. The Morgan fingerprint density at radius 1 is 1.14 bits per heavy atom. The Morgan fingerprint density at radius 3 is 2.39 bits per heavy atom. The molecule has 0 bridgehead atoms. The van der Waals surface area contributed by atoms with Crippen molar-refractivity contribution >= 4 is 24.2 Å². The molecule has 1 atom stereocenters. The number of hydrogen-bond acceptors (Lipinski definition) is 5. The third-order valence-corrected chi connectivity index (χ3v) is 5.35. The van der Waals surface area contributed by atoms with Crippen LogP contribution in [0.1, 0.15) is 30.1 Å². The largest absolute Gasteiger partial charge is 0.493 e. The van der Waals surface area contributed by atoms with E-state index in [0.717, 1.165) is 12.8 Å². The summed E-state index contributed by atoms with van der Waals surface area (Å²) in [7, 11) is 0. The fourth-order valence-electron chi connectivity index (χ4n) is 3.71. The van der Waals surface area contributed by atoms with E-state index in [4.69, 9.17) is 15.2 Å². The van der Waals surface area contributed by atoms with Crippen LogP contribution < -0.4 is 10.5 Å². The third kappa shape index (κ3) is 5.16. The second-order valence-electron chi connectivity index (χ2n) is 7.02. The number of halogens is 1. The quantitative estimate of drug-likeness (QED) is 0.794. The average molecular weight is 412 g/mol. The van der Waals surface area contributed by atoms with E-state index in [9.17, 15) is 9.59 Å². The minimum atomic E-state index is -0.477. The third-order valence-electron chi connectivity index (χ3n) is 5.35. The number of piperazine rings is 1. The highest BCUT2D eigenvalue weighted by Crippen LogP contribution is 2.22. The van der Waals surface area contributed by atoms with Crippen molar-refractivity contribution in [3.8, 4) is 5.75 Å². The first-order valence-electron chi connectivity index (χ1n) is 9.75. The van der Waals surface area contributed by atoms with E-state index in [2.05, 4.69) is 0 Å². The topological polar surface area (TPSA) is 85.1 Å². The van der Waals surface area contributed by atoms with E-state index < -0.39 is 6.04 Å². The molecule has 0 saturated carbocycles. The number of ether oxygens (including phenoxy) is 2.